The maximum Gasteiger partial charge on any atom is 0.294 e. The van der Waals surface area contributed by atoms with E-state index in [1.54, 1.807) is 25.1 Å². The van der Waals surface area contributed by atoms with Crippen molar-refractivity contribution in [3.63, 3.8) is 0 Å². The quantitative estimate of drug-likeness (QED) is 0.443. The van der Waals surface area contributed by atoms with Crippen LogP contribution in [0.25, 0.3) is 0 Å². The second-order valence-corrected chi connectivity index (χ2v) is 8.61. The fourth-order valence-corrected chi connectivity index (χ4v) is 3.75. The molecule has 2 rings (SSSR count). The molecule has 0 saturated heterocycles. The zero-order chi connectivity index (χ0) is 20.1. The maximum absolute atomic E-state index is 10.6. The fourth-order valence-electron chi connectivity index (χ4n) is 3.03. The number of hydrogen-bond donors (Lipinski definition) is 1. The average molecular weight is 397 g/mol. The lowest BCUT2D eigenvalue weighted by atomic mass is 10.1. The largest absolute Gasteiger partial charge is 0.362 e. The summed E-state index contributed by atoms with van der Waals surface area (Å²) >= 11 is 0. The van der Waals surface area contributed by atoms with Gasteiger partial charge in [-0.1, -0.05) is 70.1 Å². The van der Waals surface area contributed by atoms with Gasteiger partial charge in [0.05, 0.1) is 11.6 Å². The summed E-state index contributed by atoms with van der Waals surface area (Å²) in [6, 6.07) is 6.27. The van der Waals surface area contributed by atoms with Crippen molar-refractivity contribution in [3.8, 4) is 0 Å². The number of unbranched alkanes of at least 4 members (excludes halogenated alkanes) is 7. The van der Waals surface area contributed by atoms with Crippen LogP contribution in [0.5, 0.6) is 0 Å². The van der Waals surface area contributed by atoms with E-state index in [0.717, 1.165) is 6.67 Å². The summed E-state index contributed by atoms with van der Waals surface area (Å²) in [6.45, 7) is 6.22. The summed E-state index contributed by atoms with van der Waals surface area (Å²) in [4.78, 5) is 4.60. The highest BCUT2D eigenvalue weighted by molar-refractivity contribution is 7.85. The van der Waals surface area contributed by atoms with Crippen molar-refractivity contribution in [1.29, 1.82) is 0 Å². The third-order valence-corrected chi connectivity index (χ3v) is 5.62. The first-order valence-corrected chi connectivity index (χ1v) is 11.4. The number of hydrogen-bond acceptors (Lipinski definition) is 4. The van der Waals surface area contributed by atoms with Crippen molar-refractivity contribution in [2.24, 2.45) is 0 Å². The van der Waals surface area contributed by atoms with Crippen LogP contribution in [0.3, 0.4) is 0 Å². The number of nitrogens with zero attached hydrogens (tertiary/aromatic N) is 2. The highest BCUT2D eigenvalue weighted by Crippen LogP contribution is 2.13. The van der Waals surface area contributed by atoms with E-state index in [9.17, 15) is 8.42 Å². The molecular weight excluding hydrogens is 360 g/mol. The number of aryl methyl sites for hydroxylation is 1. The van der Waals surface area contributed by atoms with Crippen LogP contribution in [0.15, 0.2) is 41.6 Å². The topological polar surface area (TPSA) is 60.9 Å². The second kappa shape index (κ2) is 12.8. The monoisotopic (exact) mass is 396 g/mol. The van der Waals surface area contributed by atoms with Crippen molar-refractivity contribution in [1.82, 2.24) is 9.80 Å². The highest BCUT2D eigenvalue weighted by Gasteiger charge is 2.10. The number of rotatable bonds is 10. The van der Waals surface area contributed by atoms with Gasteiger partial charge in [0.25, 0.3) is 10.1 Å². The molecule has 0 saturated carbocycles. The average Bonchev–Trinajstić information content (AvgIpc) is 3.02. The van der Waals surface area contributed by atoms with Gasteiger partial charge in [0.2, 0.25) is 0 Å². The lowest BCUT2D eigenvalue weighted by Gasteiger charge is -2.17. The third-order valence-electron chi connectivity index (χ3n) is 4.61. The predicted octanol–water partition coefficient (Wildman–Crippen LogP) is 5.04. The van der Waals surface area contributed by atoms with E-state index in [0.29, 0.717) is 5.56 Å². The van der Waals surface area contributed by atoms with E-state index in [1.807, 2.05) is 0 Å². The molecule has 1 aliphatic heterocycles. The van der Waals surface area contributed by atoms with Gasteiger partial charge in [0, 0.05) is 26.0 Å². The SMILES string of the molecule is CCCCCCCCCCN1C=CN(C)C1.Cc1ccccc1S(=O)(=O)O. The predicted molar refractivity (Wildman–Crippen MR) is 112 cm³/mol. The van der Waals surface area contributed by atoms with Gasteiger partial charge in [-0.2, -0.15) is 8.42 Å². The molecule has 1 heterocycles. The Morgan fingerprint density at radius 2 is 1.56 bits per heavy atom. The van der Waals surface area contributed by atoms with E-state index >= 15 is 0 Å². The van der Waals surface area contributed by atoms with Crippen molar-refractivity contribution < 1.29 is 13.0 Å². The lowest BCUT2D eigenvalue weighted by Crippen LogP contribution is -2.23. The molecule has 1 aromatic carbocycles. The molecule has 6 heteroatoms. The Morgan fingerprint density at radius 3 is 2.04 bits per heavy atom. The minimum atomic E-state index is -4.03. The van der Waals surface area contributed by atoms with Crippen molar-refractivity contribution in [2.45, 2.75) is 70.1 Å². The van der Waals surface area contributed by atoms with Crippen LogP contribution in [0, 0.1) is 6.92 Å². The van der Waals surface area contributed by atoms with Gasteiger partial charge in [-0.05, 0) is 25.0 Å². The van der Waals surface area contributed by atoms with Crippen LogP contribution in [-0.2, 0) is 10.1 Å². The summed E-state index contributed by atoms with van der Waals surface area (Å²) in [7, 11) is -1.90. The smallest absolute Gasteiger partial charge is 0.294 e. The Bertz CT molecular complexity index is 659. The van der Waals surface area contributed by atoms with Gasteiger partial charge in [0.1, 0.15) is 0 Å². The van der Waals surface area contributed by atoms with Crippen LogP contribution in [0.4, 0.5) is 0 Å². The van der Waals surface area contributed by atoms with E-state index in [-0.39, 0.29) is 4.90 Å². The van der Waals surface area contributed by atoms with Crippen LogP contribution in [-0.4, -0.2) is 43.0 Å². The van der Waals surface area contributed by atoms with E-state index in [2.05, 4.69) is 36.2 Å². The Kier molecular flexibility index (Phi) is 11.1. The Hall–Kier alpha value is -1.53. The molecule has 0 spiro atoms. The molecule has 1 aromatic rings. The van der Waals surface area contributed by atoms with Crippen molar-refractivity contribution in [3.05, 3.63) is 42.2 Å². The molecule has 0 unspecified atom stereocenters. The van der Waals surface area contributed by atoms with Gasteiger partial charge in [-0.25, -0.2) is 0 Å². The maximum atomic E-state index is 10.6. The highest BCUT2D eigenvalue weighted by atomic mass is 32.2. The minimum absolute atomic E-state index is 0.0278. The first-order valence-electron chi connectivity index (χ1n) is 10.0. The van der Waals surface area contributed by atoms with E-state index in [1.165, 1.54) is 64.0 Å². The standard InChI is InChI=1S/C14H28N2.C7H8O3S/c1-3-4-5-6-7-8-9-10-11-16-13-12-15(2)14-16;1-6-4-2-3-5-7(6)11(8,9)10/h12-13H,3-11,14H2,1-2H3;2-5H,1H3,(H,8,9,10). The molecule has 27 heavy (non-hydrogen) atoms. The minimum Gasteiger partial charge on any atom is -0.362 e. The first kappa shape index (κ1) is 23.5. The molecule has 5 nitrogen and oxygen atoms in total. The van der Waals surface area contributed by atoms with Gasteiger partial charge in [-0.15, -0.1) is 0 Å². The summed E-state index contributed by atoms with van der Waals surface area (Å²) in [5.74, 6) is 0. The number of benzene rings is 1. The summed E-state index contributed by atoms with van der Waals surface area (Å²) in [5.41, 5.74) is 0.551. The third kappa shape index (κ3) is 10.4. The van der Waals surface area contributed by atoms with Gasteiger partial charge >= 0.3 is 0 Å². The molecule has 0 amide bonds. The van der Waals surface area contributed by atoms with Crippen molar-refractivity contribution >= 4 is 10.1 Å². The zero-order valence-electron chi connectivity index (χ0n) is 17.1. The Balaban J connectivity index is 0.000000289. The molecule has 0 aliphatic carbocycles. The normalized spacial score (nSPS) is 13.6. The molecule has 1 N–H and O–H groups in total. The first-order chi connectivity index (χ1) is 12.8. The van der Waals surface area contributed by atoms with Crippen LogP contribution < -0.4 is 0 Å². The molecule has 0 fully saturated rings. The fraction of sp³-hybridized carbons (Fsp3) is 0.619. The molecule has 0 atom stereocenters. The zero-order valence-corrected chi connectivity index (χ0v) is 17.9. The molecule has 0 radical (unpaired) electrons. The van der Waals surface area contributed by atoms with Crippen LogP contribution in [0.1, 0.15) is 63.9 Å². The van der Waals surface area contributed by atoms with Gasteiger partial charge < -0.3 is 9.80 Å². The van der Waals surface area contributed by atoms with Gasteiger partial charge in [0.15, 0.2) is 0 Å². The molecule has 0 bridgehead atoms. The van der Waals surface area contributed by atoms with Crippen molar-refractivity contribution in [2.75, 3.05) is 20.3 Å². The molecular formula is C21H36N2O3S. The second-order valence-electron chi connectivity index (χ2n) is 7.22. The summed E-state index contributed by atoms with van der Waals surface area (Å²) in [6.07, 6.45) is 15.7. The lowest BCUT2D eigenvalue weighted by molar-refractivity contribution is 0.290. The van der Waals surface area contributed by atoms with Gasteiger partial charge in [-0.3, -0.25) is 4.55 Å². The molecule has 1 aliphatic rings. The van der Waals surface area contributed by atoms with Crippen LogP contribution >= 0.6 is 0 Å². The molecule has 154 valence electrons. The van der Waals surface area contributed by atoms with E-state index in [4.69, 9.17) is 4.55 Å². The van der Waals surface area contributed by atoms with E-state index < -0.39 is 10.1 Å². The summed E-state index contributed by atoms with van der Waals surface area (Å²) in [5, 5.41) is 0. The van der Waals surface area contributed by atoms with Crippen LogP contribution in [0.2, 0.25) is 0 Å². The summed E-state index contributed by atoms with van der Waals surface area (Å²) < 4.78 is 29.9. The Morgan fingerprint density at radius 1 is 0.963 bits per heavy atom. The molecule has 0 aromatic heterocycles. The Labute approximate surface area is 165 Å².